The van der Waals surface area contributed by atoms with Gasteiger partial charge in [0.15, 0.2) is 5.69 Å². The summed E-state index contributed by atoms with van der Waals surface area (Å²) in [6, 6.07) is 14.0. The Kier molecular flexibility index (Phi) is 4.28. The van der Waals surface area contributed by atoms with Crippen LogP contribution in [0.4, 0.5) is 5.82 Å². The monoisotopic (exact) mass is 376 g/mol. The SMILES string of the molecule is C/C(=N/NC(=O)c1nnn(-c2nonc2N)c1C)c1ccc2ccccc2c1. The van der Waals surface area contributed by atoms with Gasteiger partial charge in [-0.3, -0.25) is 4.79 Å². The maximum atomic E-state index is 12.5. The molecule has 10 nitrogen and oxygen atoms in total. The summed E-state index contributed by atoms with van der Waals surface area (Å²) in [4.78, 5) is 12.5. The number of carbonyl (C=O) groups excluding carboxylic acids is 1. The van der Waals surface area contributed by atoms with Crippen molar-refractivity contribution in [2.24, 2.45) is 5.10 Å². The van der Waals surface area contributed by atoms with Gasteiger partial charge in [0.1, 0.15) is 0 Å². The van der Waals surface area contributed by atoms with E-state index in [1.165, 1.54) is 4.68 Å². The van der Waals surface area contributed by atoms with E-state index in [2.05, 4.69) is 35.8 Å². The molecule has 140 valence electrons. The first kappa shape index (κ1) is 17.3. The fourth-order valence-corrected chi connectivity index (χ4v) is 2.74. The molecule has 0 spiro atoms. The van der Waals surface area contributed by atoms with Crippen LogP contribution >= 0.6 is 0 Å². The summed E-state index contributed by atoms with van der Waals surface area (Å²) in [7, 11) is 0. The van der Waals surface area contributed by atoms with E-state index in [0.29, 0.717) is 11.4 Å². The first-order valence-electron chi connectivity index (χ1n) is 8.39. The van der Waals surface area contributed by atoms with Gasteiger partial charge in [0.05, 0.1) is 11.4 Å². The van der Waals surface area contributed by atoms with Crippen molar-refractivity contribution in [3.8, 4) is 5.82 Å². The quantitative estimate of drug-likeness (QED) is 0.409. The van der Waals surface area contributed by atoms with E-state index >= 15 is 0 Å². The van der Waals surface area contributed by atoms with Crippen LogP contribution in [-0.2, 0) is 0 Å². The number of carbonyl (C=O) groups is 1. The van der Waals surface area contributed by atoms with Crippen molar-refractivity contribution in [3.05, 3.63) is 59.4 Å². The molecule has 0 radical (unpaired) electrons. The van der Waals surface area contributed by atoms with Crippen LogP contribution in [0.3, 0.4) is 0 Å². The van der Waals surface area contributed by atoms with Gasteiger partial charge in [-0.25, -0.2) is 10.1 Å². The second-order valence-corrected chi connectivity index (χ2v) is 6.11. The highest BCUT2D eigenvalue weighted by Gasteiger charge is 2.20. The molecule has 0 saturated carbocycles. The number of nitrogens with one attached hydrogen (secondary N) is 1. The van der Waals surface area contributed by atoms with Gasteiger partial charge < -0.3 is 5.73 Å². The average molecular weight is 376 g/mol. The van der Waals surface area contributed by atoms with Gasteiger partial charge in [0.2, 0.25) is 11.6 Å². The zero-order valence-corrected chi connectivity index (χ0v) is 15.1. The number of anilines is 1. The molecule has 2 aromatic heterocycles. The zero-order chi connectivity index (χ0) is 19.7. The predicted octanol–water partition coefficient (Wildman–Crippen LogP) is 1.85. The van der Waals surface area contributed by atoms with Crippen LogP contribution < -0.4 is 11.2 Å². The fourth-order valence-electron chi connectivity index (χ4n) is 2.74. The van der Waals surface area contributed by atoms with Gasteiger partial charge in [-0.05, 0) is 46.6 Å². The summed E-state index contributed by atoms with van der Waals surface area (Å²) < 4.78 is 5.83. The van der Waals surface area contributed by atoms with Crippen LogP contribution in [0.15, 0.2) is 52.2 Å². The average Bonchev–Trinajstić information content (AvgIpc) is 3.30. The molecule has 28 heavy (non-hydrogen) atoms. The smallest absolute Gasteiger partial charge is 0.293 e. The molecule has 0 unspecified atom stereocenters. The summed E-state index contributed by atoms with van der Waals surface area (Å²) in [5.74, 6) is -0.288. The van der Waals surface area contributed by atoms with E-state index in [1.807, 2.05) is 49.4 Å². The number of hydrazone groups is 1. The molecule has 2 aromatic carbocycles. The fraction of sp³-hybridized carbons (Fsp3) is 0.111. The highest BCUT2D eigenvalue weighted by atomic mass is 16.6. The van der Waals surface area contributed by atoms with Crippen molar-refractivity contribution in [1.82, 2.24) is 30.7 Å². The first-order valence-corrected chi connectivity index (χ1v) is 8.39. The maximum Gasteiger partial charge on any atom is 0.293 e. The Morgan fingerprint density at radius 1 is 1.18 bits per heavy atom. The molecule has 0 aliphatic carbocycles. The summed E-state index contributed by atoms with van der Waals surface area (Å²) in [6.45, 7) is 3.47. The maximum absolute atomic E-state index is 12.5. The number of nitrogens with zero attached hydrogens (tertiary/aromatic N) is 6. The molecular weight excluding hydrogens is 360 g/mol. The lowest BCUT2D eigenvalue weighted by Gasteiger charge is -2.04. The molecule has 4 aromatic rings. The van der Waals surface area contributed by atoms with Crippen LogP contribution in [0.5, 0.6) is 0 Å². The lowest BCUT2D eigenvalue weighted by atomic mass is 10.0. The Morgan fingerprint density at radius 2 is 1.96 bits per heavy atom. The molecule has 10 heteroatoms. The molecule has 0 fully saturated rings. The Bertz CT molecular complexity index is 1210. The zero-order valence-electron chi connectivity index (χ0n) is 15.1. The molecule has 4 rings (SSSR count). The lowest BCUT2D eigenvalue weighted by molar-refractivity contribution is 0.0949. The van der Waals surface area contributed by atoms with Crippen molar-refractivity contribution >= 4 is 28.2 Å². The number of hydrogen-bond acceptors (Lipinski definition) is 8. The number of fused-ring (bicyclic) bond motifs is 1. The third kappa shape index (κ3) is 3.07. The number of hydrogen-bond donors (Lipinski definition) is 2. The van der Waals surface area contributed by atoms with Gasteiger partial charge in [-0.1, -0.05) is 41.6 Å². The Hall–Kier alpha value is -4.08. The van der Waals surface area contributed by atoms with Crippen LogP contribution in [0.2, 0.25) is 0 Å². The summed E-state index contributed by atoms with van der Waals surface area (Å²) >= 11 is 0. The van der Waals surface area contributed by atoms with Crippen LogP contribution in [0.25, 0.3) is 16.6 Å². The van der Waals surface area contributed by atoms with Crippen molar-refractivity contribution in [1.29, 1.82) is 0 Å². The highest BCUT2D eigenvalue weighted by Crippen LogP contribution is 2.17. The normalized spacial score (nSPS) is 11.7. The van der Waals surface area contributed by atoms with E-state index in [1.54, 1.807) is 6.92 Å². The molecular formula is C18H16N8O2. The Labute approximate surface area is 159 Å². The lowest BCUT2D eigenvalue weighted by Crippen LogP contribution is -2.21. The predicted molar refractivity (Wildman–Crippen MR) is 102 cm³/mol. The molecule has 0 aliphatic rings. The van der Waals surface area contributed by atoms with E-state index < -0.39 is 5.91 Å². The summed E-state index contributed by atoms with van der Waals surface area (Å²) in [5.41, 5.74) is 10.2. The minimum Gasteiger partial charge on any atom is -0.378 e. The van der Waals surface area contributed by atoms with Crippen LogP contribution in [0.1, 0.15) is 28.7 Å². The molecule has 0 saturated heterocycles. The van der Waals surface area contributed by atoms with E-state index in [9.17, 15) is 4.79 Å². The molecule has 1 amide bonds. The van der Waals surface area contributed by atoms with Gasteiger partial charge in [0.25, 0.3) is 5.91 Å². The number of aromatic nitrogens is 5. The second kappa shape index (κ2) is 6.91. The standard InChI is InChI=1S/C18H16N8O2/c1-10(13-8-7-12-5-3-4-6-14(12)9-13)20-22-18(27)15-11(2)26(25-21-15)17-16(19)23-28-24-17/h3-9H,1-2H3,(H2,19,23)(H,22,27)/b20-10-. The molecule has 3 N–H and O–H groups in total. The molecule has 2 heterocycles. The van der Waals surface area contributed by atoms with Crippen molar-refractivity contribution in [3.63, 3.8) is 0 Å². The van der Waals surface area contributed by atoms with E-state index in [0.717, 1.165) is 16.3 Å². The summed E-state index contributed by atoms with van der Waals surface area (Å²) in [5, 5.41) is 21.3. The van der Waals surface area contributed by atoms with Gasteiger partial charge in [0, 0.05) is 0 Å². The Balaban J connectivity index is 1.55. The summed E-state index contributed by atoms with van der Waals surface area (Å²) in [6.07, 6.45) is 0. The first-order chi connectivity index (χ1) is 13.5. The molecule has 0 bridgehead atoms. The van der Waals surface area contributed by atoms with Crippen molar-refractivity contribution in [2.75, 3.05) is 5.73 Å². The van der Waals surface area contributed by atoms with Crippen LogP contribution in [0, 0.1) is 6.92 Å². The number of nitrogen functional groups attached to an aromatic ring is 1. The number of amides is 1. The minimum absolute atomic E-state index is 0.0464. The van der Waals surface area contributed by atoms with Gasteiger partial charge in [-0.15, -0.1) is 5.10 Å². The van der Waals surface area contributed by atoms with Gasteiger partial charge in [-0.2, -0.15) is 9.78 Å². The van der Waals surface area contributed by atoms with Crippen LogP contribution in [-0.4, -0.2) is 36.9 Å². The number of benzene rings is 2. The molecule has 0 aliphatic heterocycles. The third-order valence-electron chi connectivity index (χ3n) is 4.30. The van der Waals surface area contributed by atoms with E-state index in [-0.39, 0.29) is 17.3 Å². The van der Waals surface area contributed by atoms with Gasteiger partial charge >= 0.3 is 0 Å². The minimum atomic E-state index is -0.501. The molecule has 0 atom stereocenters. The third-order valence-corrected chi connectivity index (χ3v) is 4.30. The number of rotatable bonds is 4. The second-order valence-electron chi connectivity index (χ2n) is 6.11. The van der Waals surface area contributed by atoms with Crippen molar-refractivity contribution in [2.45, 2.75) is 13.8 Å². The topological polar surface area (TPSA) is 137 Å². The number of nitrogens with two attached hydrogens (primary N) is 1. The Morgan fingerprint density at radius 3 is 2.71 bits per heavy atom. The van der Waals surface area contributed by atoms with Crippen molar-refractivity contribution < 1.29 is 9.42 Å². The van der Waals surface area contributed by atoms with E-state index in [4.69, 9.17) is 5.73 Å². The largest absolute Gasteiger partial charge is 0.378 e. The highest BCUT2D eigenvalue weighted by molar-refractivity contribution is 6.03.